The van der Waals surface area contributed by atoms with Crippen LogP contribution >= 0.6 is 0 Å². The molecule has 2 aromatic carbocycles. The van der Waals surface area contributed by atoms with Gasteiger partial charge in [-0.1, -0.05) is 6.07 Å². The van der Waals surface area contributed by atoms with E-state index < -0.39 is 20.0 Å². The van der Waals surface area contributed by atoms with E-state index in [2.05, 4.69) is 4.72 Å². The molecule has 1 fully saturated rings. The summed E-state index contributed by atoms with van der Waals surface area (Å²) < 4.78 is 59.7. The second kappa shape index (κ2) is 7.63. The average molecular weight is 425 g/mol. The Morgan fingerprint density at radius 2 is 1.82 bits per heavy atom. The van der Waals surface area contributed by atoms with Gasteiger partial charge < -0.3 is 4.74 Å². The third kappa shape index (κ3) is 4.10. The van der Waals surface area contributed by atoms with Gasteiger partial charge in [-0.3, -0.25) is 9.03 Å². The van der Waals surface area contributed by atoms with E-state index in [0.717, 1.165) is 6.42 Å². The first kappa shape index (κ1) is 20.5. The summed E-state index contributed by atoms with van der Waals surface area (Å²) in [6.45, 7) is 3.81. The third-order valence-electron chi connectivity index (χ3n) is 4.72. The standard InChI is InChI=1S/C19H24N2O5S2/c1-14-12-19(28(24,25)20-16-7-6-8-17(13-16)26-3)15(2)11-18(14)21-9-4-5-10-27(21,22)23/h6-8,11-13,20H,4-5,9-10H2,1-3H3. The van der Waals surface area contributed by atoms with Gasteiger partial charge in [-0.05, 0) is 62.1 Å². The van der Waals surface area contributed by atoms with Crippen LogP contribution in [-0.2, 0) is 20.0 Å². The molecule has 1 aliphatic rings. The summed E-state index contributed by atoms with van der Waals surface area (Å²) in [6, 6.07) is 9.81. The molecule has 1 saturated heterocycles. The van der Waals surface area contributed by atoms with E-state index in [4.69, 9.17) is 4.74 Å². The van der Waals surface area contributed by atoms with Gasteiger partial charge in [0.25, 0.3) is 10.0 Å². The fourth-order valence-corrected chi connectivity index (χ4v) is 6.34. The van der Waals surface area contributed by atoms with Crippen LogP contribution in [0.15, 0.2) is 41.3 Å². The van der Waals surface area contributed by atoms with Crippen LogP contribution in [0.5, 0.6) is 5.75 Å². The molecular formula is C19H24N2O5S2. The van der Waals surface area contributed by atoms with Crippen molar-refractivity contribution >= 4 is 31.4 Å². The first-order valence-corrected chi connectivity index (χ1v) is 12.0. The smallest absolute Gasteiger partial charge is 0.262 e. The van der Waals surface area contributed by atoms with Gasteiger partial charge >= 0.3 is 0 Å². The van der Waals surface area contributed by atoms with E-state index in [0.29, 0.717) is 41.2 Å². The van der Waals surface area contributed by atoms with Crippen molar-refractivity contribution in [3.05, 3.63) is 47.5 Å². The maximum atomic E-state index is 12.9. The van der Waals surface area contributed by atoms with Crippen molar-refractivity contribution < 1.29 is 21.6 Å². The number of hydrogen-bond acceptors (Lipinski definition) is 5. The summed E-state index contributed by atoms with van der Waals surface area (Å²) in [5.74, 6) is 0.655. The van der Waals surface area contributed by atoms with Crippen molar-refractivity contribution in [2.24, 2.45) is 0 Å². The van der Waals surface area contributed by atoms with Crippen LogP contribution in [0.4, 0.5) is 11.4 Å². The Balaban J connectivity index is 1.97. The summed E-state index contributed by atoms with van der Waals surface area (Å²) in [7, 11) is -5.70. The number of nitrogens with one attached hydrogen (secondary N) is 1. The molecular weight excluding hydrogens is 400 g/mol. The molecule has 152 valence electrons. The zero-order chi connectivity index (χ0) is 20.5. The van der Waals surface area contributed by atoms with Gasteiger partial charge in [0.2, 0.25) is 10.0 Å². The van der Waals surface area contributed by atoms with Gasteiger partial charge in [-0.2, -0.15) is 0 Å². The topological polar surface area (TPSA) is 92.8 Å². The van der Waals surface area contributed by atoms with E-state index in [9.17, 15) is 16.8 Å². The highest BCUT2D eigenvalue weighted by molar-refractivity contribution is 7.93. The molecule has 2 aromatic rings. The van der Waals surface area contributed by atoms with Crippen LogP contribution in [0.2, 0.25) is 0 Å². The van der Waals surface area contributed by atoms with Crippen molar-refractivity contribution in [3.63, 3.8) is 0 Å². The first-order chi connectivity index (χ1) is 13.1. The molecule has 1 heterocycles. The second-order valence-corrected chi connectivity index (χ2v) is 10.5. The zero-order valence-electron chi connectivity index (χ0n) is 16.1. The second-order valence-electron chi connectivity index (χ2n) is 6.84. The van der Waals surface area contributed by atoms with Crippen LogP contribution < -0.4 is 13.8 Å². The number of sulfonamides is 2. The number of rotatable bonds is 5. The van der Waals surface area contributed by atoms with Crippen molar-refractivity contribution in [1.29, 1.82) is 0 Å². The van der Waals surface area contributed by atoms with Gasteiger partial charge in [-0.15, -0.1) is 0 Å². The largest absolute Gasteiger partial charge is 0.497 e. The first-order valence-electron chi connectivity index (χ1n) is 8.92. The summed E-state index contributed by atoms with van der Waals surface area (Å²) in [5.41, 5.74) is 2.01. The number of methoxy groups -OCH3 is 1. The number of hydrogen-bond donors (Lipinski definition) is 1. The molecule has 0 aliphatic carbocycles. The summed E-state index contributed by atoms with van der Waals surface area (Å²) >= 11 is 0. The van der Waals surface area contributed by atoms with Crippen molar-refractivity contribution in [2.75, 3.05) is 28.4 Å². The predicted octanol–water partition coefficient (Wildman–Crippen LogP) is 3.04. The van der Waals surface area contributed by atoms with Crippen LogP contribution in [0, 0.1) is 13.8 Å². The van der Waals surface area contributed by atoms with Crippen LogP contribution in [0.3, 0.4) is 0 Å². The Morgan fingerprint density at radius 1 is 1.07 bits per heavy atom. The molecule has 7 nitrogen and oxygen atoms in total. The third-order valence-corrected chi connectivity index (χ3v) is 8.10. The molecule has 9 heteroatoms. The lowest BCUT2D eigenvalue weighted by molar-refractivity contribution is 0.415. The van der Waals surface area contributed by atoms with Crippen LogP contribution in [0.1, 0.15) is 24.0 Å². The molecule has 0 amide bonds. The Kier molecular flexibility index (Phi) is 5.58. The van der Waals surface area contributed by atoms with Gasteiger partial charge in [0, 0.05) is 12.6 Å². The maximum Gasteiger partial charge on any atom is 0.262 e. The monoisotopic (exact) mass is 424 g/mol. The number of ether oxygens (including phenoxy) is 1. The number of anilines is 2. The van der Waals surface area contributed by atoms with Gasteiger partial charge in [0.15, 0.2) is 0 Å². The molecule has 3 rings (SSSR count). The van der Waals surface area contributed by atoms with Crippen molar-refractivity contribution in [1.82, 2.24) is 0 Å². The van der Waals surface area contributed by atoms with E-state index in [1.54, 1.807) is 44.2 Å². The Hall–Kier alpha value is -2.26. The number of aryl methyl sites for hydroxylation is 2. The van der Waals surface area contributed by atoms with Crippen LogP contribution in [-0.4, -0.2) is 36.2 Å². The molecule has 0 saturated carbocycles. The Bertz CT molecular complexity index is 1100. The molecule has 1 N–H and O–H groups in total. The predicted molar refractivity (Wildman–Crippen MR) is 110 cm³/mol. The quantitative estimate of drug-likeness (QED) is 0.796. The lowest BCUT2D eigenvalue weighted by Crippen LogP contribution is -2.38. The molecule has 0 unspecified atom stereocenters. The molecule has 1 aliphatic heterocycles. The fourth-order valence-electron chi connectivity index (χ4n) is 3.29. The molecule has 0 bridgehead atoms. The van der Waals surface area contributed by atoms with E-state index >= 15 is 0 Å². The normalized spacial score (nSPS) is 16.6. The highest BCUT2D eigenvalue weighted by atomic mass is 32.2. The van der Waals surface area contributed by atoms with E-state index in [1.165, 1.54) is 17.5 Å². The van der Waals surface area contributed by atoms with Crippen LogP contribution in [0.25, 0.3) is 0 Å². The van der Waals surface area contributed by atoms with Gasteiger partial charge in [0.1, 0.15) is 5.75 Å². The highest BCUT2D eigenvalue weighted by Gasteiger charge is 2.28. The Labute approximate surface area is 166 Å². The molecule has 0 spiro atoms. The van der Waals surface area contributed by atoms with E-state index in [-0.39, 0.29) is 10.6 Å². The van der Waals surface area contributed by atoms with Gasteiger partial charge in [0.05, 0.1) is 29.1 Å². The van der Waals surface area contributed by atoms with Gasteiger partial charge in [-0.25, -0.2) is 16.8 Å². The average Bonchev–Trinajstić information content (AvgIpc) is 2.63. The number of nitrogens with zero attached hydrogens (tertiary/aromatic N) is 1. The lowest BCUT2D eigenvalue weighted by Gasteiger charge is -2.30. The summed E-state index contributed by atoms with van der Waals surface area (Å²) in [5, 5.41) is 0. The maximum absolute atomic E-state index is 12.9. The Morgan fingerprint density at radius 3 is 2.50 bits per heavy atom. The van der Waals surface area contributed by atoms with Crippen molar-refractivity contribution in [3.8, 4) is 5.75 Å². The van der Waals surface area contributed by atoms with Crippen molar-refractivity contribution in [2.45, 2.75) is 31.6 Å². The highest BCUT2D eigenvalue weighted by Crippen LogP contribution is 2.32. The fraction of sp³-hybridized carbons (Fsp3) is 0.368. The lowest BCUT2D eigenvalue weighted by atomic mass is 10.1. The zero-order valence-corrected chi connectivity index (χ0v) is 17.7. The summed E-state index contributed by atoms with van der Waals surface area (Å²) in [6.07, 6.45) is 1.43. The molecule has 0 radical (unpaired) electrons. The summed E-state index contributed by atoms with van der Waals surface area (Å²) in [4.78, 5) is 0.117. The minimum Gasteiger partial charge on any atom is -0.497 e. The minimum atomic E-state index is -3.84. The SMILES string of the molecule is COc1cccc(NS(=O)(=O)c2cc(C)c(N3CCCCS3(=O)=O)cc2C)c1. The minimum absolute atomic E-state index is 0.114. The molecule has 28 heavy (non-hydrogen) atoms. The number of benzene rings is 2. The molecule has 0 atom stereocenters. The van der Waals surface area contributed by atoms with E-state index in [1.807, 2.05) is 0 Å². The molecule has 0 aromatic heterocycles.